The molecule has 2 aromatic carbocycles. The number of nitrogens with one attached hydrogen (secondary N) is 1. The monoisotopic (exact) mass is 441 g/mol. The Kier molecular flexibility index (Phi) is 5.85. The first-order chi connectivity index (χ1) is 13.7. The van der Waals surface area contributed by atoms with Gasteiger partial charge < -0.3 is 0 Å². The number of sulfonamides is 1. The Morgan fingerprint density at radius 3 is 2.38 bits per heavy atom. The third-order valence-electron chi connectivity index (χ3n) is 3.73. The molecular weight excluding hydrogens is 431 g/mol. The number of carbonyl (C=O) groups is 1. The van der Waals surface area contributed by atoms with E-state index in [9.17, 15) is 26.4 Å². The van der Waals surface area contributed by atoms with E-state index >= 15 is 0 Å². The van der Waals surface area contributed by atoms with Gasteiger partial charge in [0.2, 0.25) is 5.28 Å². The molecule has 0 aliphatic carbocycles. The highest BCUT2D eigenvalue weighted by Crippen LogP contribution is 2.23. The van der Waals surface area contributed by atoms with Gasteiger partial charge in [0.25, 0.3) is 10.0 Å². The van der Waals surface area contributed by atoms with Gasteiger partial charge in [-0.3, -0.25) is 9.52 Å². The number of carbonyl (C=O) groups excluding carboxylic acids is 1. The summed E-state index contributed by atoms with van der Waals surface area (Å²) in [5.41, 5.74) is -0.458. The topological polar surface area (TPSA) is 89.0 Å². The highest BCUT2D eigenvalue weighted by Gasteiger charge is 2.24. The molecular formula is C18H11ClF3N3O3S. The van der Waals surface area contributed by atoms with E-state index < -0.39 is 43.7 Å². The molecule has 0 amide bonds. The van der Waals surface area contributed by atoms with Crippen LogP contribution in [0.25, 0.3) is 0 Å². The van der Waals surface area contributed by atoms with E-state index in [2.05, 4.69) is 9.97 Å². The first kappa shape index (κ1) is 20.7. The Balaban J connectivity index is 1.90. The molecule has 0 aliphatic heterocycles. The molecule has 1 aromatic heterocycles. The van der Waals surface area contributed by atoms with Crippen LogP contribution in [-0.4, -0.2) is 24.2 Å². The van der Waals surface area contributed by atoms with Crippen LogP contribution in [0.4, 0.5) is 18.9 Å². The van der Waals surface area contributed by atoms with Gasteiger partial charge in [0, 0.05) is 11.9 Å². The van der Waals surface area contributed by atoms with Crippen molar-refractivity contribution >= 4 is 33.1 Å². The molecule has 6 nitrogen and oxygen atoms in total. The van der Waals surface area contributed by atoms with Crippen molar-refractivity contribution in [3.05, 3.63) is 82.7 Å². The van der Waals surface area contributed by atoms with Crippen molar-refractivity contribution in [2.45, 2.75) is 11.3 Å². The second-order valence-electron chi connectivity index (χ2n) is 5.77. The van der Waals surface area contributed by atoms with Crippen molar-refractivity contribution in [1.29, 1.82) is 0 Å². The number of hydrogen-bond acceptors (Lipinski definition) is 5. The molecule has 0 aliphatic rings. The summed E-state index contributed by atoms with van der Waals surface area (Å²) in [7, 11) is -4.67. The number of aromatic nitrogens is 2. The zero-order valence-electron chi connectivity index (χ0n) is 14.4. The SMILES string of the molecule is O=C(Cc1ccnc(Cl)n1)c1cc(NS(=O)(=O)c2c(F)cccc2F)ccc1F. The fourth-order valence-corrected chi connectivity index (χ4v) is 3.83. The van der Waals surface area contributed by atoms with Crippen LogP contribution < -0.4 is 4.72 Å². The fourth-order valence-electron chi connectivity index (χ4n) is 2.48. The maximum absolute atomic E-state index is 14.1. The van der Waals surface area contributed by atoms with Gasteiger partial charge in [-0.15, -0.1) is 0 Å². The van der Waals surface area contributed by atoms with Gasteiger partial charge in [0.05, 0.1) is 17.7 Å². The van der Waals surface area contributed by atoms with Crippen LogP contribution in [0.15, 0.2) is 53.6 Å². The average Bonchev–Trinajstić information content (AvgIpc) is 2.62. The minimum absolute atomic E-state index is 0.0933. The molecule has 1 heterocycles. The van der Waals surface area contributed by atoms with Gasteiger partial charge in [-0.25, -0.2) is 31.6 Å². The maximum Gasteiger partial charge on any atom is 0.267 e. The second kappa shape index (κ2) is 8.18. The average molecular weight is 442 g/mol. The maximum atomic E-state index is 14.1. The Bertz CT molecular complexity index is 1190. The van der Waals surface area contributed by atoms with Crippen molar-refractivity contribution in [3.8, 4) is 0 Å². The summed E-state index contributed by atoms with van der Waals surface area (Å²) < 4.78 is 68.3. The van der Waals surface area contributed by atoms with Crippen LogP contribution in [-0.2, 0) is 16.4 Å². The molecule has 0 saturated heterocycles. The van der Waals surface area contributed by atoms with Crippen LogP contribution in [0.5, 0.6) is 0 Å². The fraction of sp³-hybridized carbons (Fsp3) is 0.0556. The predicted octanol–water partition coefficient (Wildman–Crippen LogP) is 3.77. The minimum Gasteiger partial charge on any atom is -0.294 e. The Labute approximate surface area is 168 Å². The zero-order valence-corrected chi connectivity index (χ0v) is 15.9. The number of hydrogen-bond donors (Lipinski definition) is 1. The predicted molar refractivity (Wildman–Crippen MR) is 98.6 cm³/mol. The lowest BCUT2D eigenvalue weighted by atomic mass is 10.1. The number of benzene rings is 2. The van der Waals surface area contributed by atoms with E-state index in [0.717, 1.165) is 36.4 Å². The summed E-state index contributed by atoms with van der Waals surface area (Å²) in [5, 5.41) is -0.0933. The first-order valence-corrected chi connectivity index (χ1v) is 9.80. The Morgan fingerprint density at radius 2 is 1.72 bits per heavy atom. The molecule has 11 heteroatoms. The number of halogens is 4. The lowest BCUT2D eigenvalue weighted by molar-refractivity contribution is 0.0988. The summed E-state index contributed by atoms with van der Waals surface area (Å²) >= 11 is 5.64. The van der Waals surface area contributed by atoms with Crippen LogP contribution in [0.2, 0.25) is 5.28 Å². The van der Waals surface area contributed by atoms with Gasteiger partial charge >= 0.3 is 0 Å². The smallest absolute Gasteiger partial charge is 0.267 e. The standard InChI is InChI=1S/C18H11ClF3N3O3S/c19-18-23-7-6-10(24-18)9-16(26)12-8-11(4-5-13(12)20)25-29(27,28)17-14(21)2-1-3-15(17)22/h1-8,25H,9H2. The molecule has 3 rings (SSSR count). The van der Waals surface area contributed by atoms with Crippen molar-refractivity contribution in [1.82, 2.24) is 9.97 Å². The van der Waals surface area contributed by atoms with Crippen LogP contribution in [0.1, 0.15) is 16.1 Å². The molecule has 29 heavy (non-hydrogen) atoms. The number of anilines is 1. The van der Waals surface area contributed by atoms with Crippen molar-refractivity contribution in [3.63, 3.8) is 0 Å². The van der Waals surface area contributed by atoms with Crippen LogP contribution >= 0.6 is 11.6 Å². The zero-order chi connectivity index (χ0) is 21.2. The molecule has 3 aromatic rings. The van der Waals surface area contributed by atoms with E-state index in [1.807, 2.05) is 4.72 Å². The highest BCUT2D eigenvalue weighted by atomic mass is 35.5. The van der Waals surface area contributed by atoms with Gasteiger partial charge in [-0.2, -0.15) is 0 Å². The molecule has 0 radical (unpaired) electrons. The third-order valence-corrected chi connectivity index (χ3v) is 5.35. The lowest BCUT2D eigenvalue weighted by Crippen LogP contribution is -2.17. The van der Waals surface area contributed by atoms with Gasteiger partial charge in [-0.05, 0) is 48.0 Å². The molecule has 0 atom stereocenters. The van der Waals surface area contributed by atoms with Gasteiger partial charge in [-0.1, -0.05) is 6.07 Å². The number of Topliss-reactive ketones (excluding diaryl/α,β-unsaturated/α-hetero) is 1. The number of nitrogens with zero attached hydrogens (tertiary/aromatic N) is 2. The van der Waals surface area contributed by atoms with Crippen LogP contribution in [0.3, 0.4) is 0 Å². The largest absolute Gasteiger partial charge is 0.294 e. The van der Waals surface area contributed by atoms with E-state index in [1.54, 1.807) is 0 Å². The molecule has 0 saturated carbocycles. The van der Waals surface area contributed by atoms with Gasteiger partial charge in [0.1, 0.15) is 17.5 Å². The van der Waals surface area contributed by atoms with E-state index in [-0.39, 0.29) is 23.1 Å². The minimum atomic E-state index is -4.67. The Hall–Kier alpha value is -2.98. The summed E-state index contributed by atoms with van der Waals surface area (Å²) in [6.07, 6.45) is 0.999. The molecule has 1 N–H and O–H groups in total. The van der Waals surface area contributed by atoms with E-state index in [1.165, 1.54) is 12.3 Å². The number of rotatable bonds is 6. The highest BCUT2D eigenvalue weighted by molar-refractivity contribution is 7.92. The van der Waals surface area contributed by atoms with E-state index in [0.29, 0.717) is 0 Å². The molecule has 0 unspecified atom stereocenters. The second-order valence-corrected chi connectivity index (χ2v) is 7.73. The summed E-state index contributed by atoms with van der Waals surface area (Å²) in [6.45, 7) is 0. The van der Waals surface area contributed by atoms with Crippen molar-refractivity contribution < 1.29 is 26.4 Å². The lowest BCUT2D eigenvalue weighted by Gasteiger charge is -2.11. The Morgan fingerprint density at radius 1 is 1.03 bits per heavy atom. The number of ketones is 1. The summed E-state index contributed by atoms with van der Waals surface area (Å²) in [6, 6.07) is 6.79. The molecule has 0 fully saturated rings. The van der Waals surface area contributed by atoms with Crippen molar-refractivity contribution in [2.75, 3.05) is 4.72 Å². The van der Waals surface area contributed by atoms with Crippen LogP contribution in [0, 0.1) is 17.5 Å². The molecule has 150 valence electrons. The summed E-state index contributed by atoms with van der Waals surface area (Å²) in [5.74, 6) is -4.21. The van der Waals surface area contributed by atoms with Gasteiger partial charge in [0.15, 0.2) is 10.7 Å². The summed E-state index contributed by atoms with van der Waals surface area (Å²) in [4.78, 5) is 18.7. The first-order valence-electron chi connectivity index (χ1n) is 7.94. The van der Waals surface area contributed by atoms with E-state index in [4.69, 9.17) is 11.6 Å². The normalized spacial score (nSPS) is 11.3. The quantitative estimate of drug-likeness (QED) is 0.464. The van der Waals surface area contributed by atoms with Crippen molar-refractivity contribution in [2.24, 2.45) is 0 Å². The molecule has 0 spiro atoms. The molecule has 0 bridgehead atoms. The third kappa shape index (κ3) is 4.72.